The van der Waals surface area contributed by atoms with Gasteiger partial charge in [-0.3, -0.25) is 0 Å². The van der Waals surface area contributed by atoms with E-state index in [0.29, 0.717) is 0 Å². The fraction of sp³-hybridized carbons (Fsp3) is 1.00. The van der Waals surface area contributed by atoms with E-state index in [1.54, 1.807) is 0 Å². The molecule has 0 aromatic carbocycles. The van der Waals surface area contributed by atoms with Crippen LogP contribution in [0.1, 0.15) is 85.5 Å². The van der Waals surface area contributed by atoms with Crippen molar-refractivity contribution in [2.75, 3.05) is 24.6 Å². The molecule has 0 rings (SSSR count). The van der Waals surface area contributed by atoms with Gasteiger partial charge in [0.05, 0.1) is 0 Å². The van der Waals surface area contributed by atoms with Gasteiger partial charge in [0.1, 0.15) is 0 Å². The summed E-state index contributed by atoms with van der Waals surface area (Å²) in [5, 5.41) is 0. The molecule has 0 bridgehead atoms. The van der Waals surface area contributed by atoms with Crippen molar-refractivity contribution in [1.29, 1.82) is 0 Å². The van der Waals surface area contributed by atoms with Crippen LogP contribution in [0.2, 0.25) is 0 Å². The average molecular weight is 309 g/mol. The van der Waals surface area contributed by atoms with Gasteiger partial charge in [-0.25, -0.2) is 0 Å². The summed E-state index contributed by atoms with van der Waals surface area (Å²) in [4.78, 5) is 0. The van der Waals surface area contributed by atoms with Gasteiger partial charge in [0.25, 0.3) is 0 Å². The molecule has 0 unspecified atom stereocenters. The summed E-state index contributed by atoms with van der Waals surface area (Å²) >= 11 is 7.08. The summed E-state index contributed by atoms with van der Waals surface area (Å²) in [6.45, 7) is 9.22. The van der Waals surface area contributed by atoms with Crippen molar-refractivity contribution in [3.8, 4) is 0 Å². The molecule has 0 atom stereocenters. The van der Waals surface area contributed by atoms with E-state index >= 15 is 0 Å². The van der Waals surface area contributed by atoms with Crippen molar-refractivity contribution >= 4 is 17.2 Å². The molecule has 0 saturated heterocycles. The molecule has 0 aliphatic heterocycles. The van der Waals surface area contributed by atoms with Gasteiger partial charge >= 0.3 is 127 Å². The normalized spacial score (nSPS) is 14.3. The third-order valence-corrected chi connectivity index (χ3v) is 14.0. The van der Waals surface area contributed by atoms with E-state index in [1.165, 1.54) is 82.4 Å². The second kappa shape index (κ2) is 10.4. The zero-order valence-corrected chi connectivity index (χ0v) is 15.7. The van der Waals surface area contributed by atoms with Crippen LogP contribution in [0.3, 0.4) is 0 Å². The molecule has 2 heteroatoms. The Bertz CT molecular complexity index is 200. The second-order valence-electron chi connectivity index (χ2n) is 6.32. The quantitative estimate of drug-likeness (QED) is 0.247. The Morgan fingerprint density at radius 1 is 0.579 bits per heavy atom. The Kier molecular flexibility index (Phi) is 10.8. The van der Waals surface area contributed by atoms with Gasteiger partial charge in [-0.05, 0) is 0 Å². The second-order valence-corrected chi connectivity index (χ2v) is 15.2. The van der Waals surface area contributed by atoms with E-state index in [2.05, 4.69) is 27.7 Å². The van der Waals surface area contributed by atoms with Crippen molar-refractivity contribution in [3.05, 3.63) is 0 Å². The number of hydrogen-bond acceptors (Lipinski definition) is 0. The summed E-state index contributed by atoms with van der Waals surface area (Å²) < 4.78 is 0. The number of unbranched alkanes of at least 4 members (excludes halogenated alkanes) is 8. The molecular formula is C17H38ClP. The molecule has 0 spiro atoms. The fourth-order valence-corrected chi connectivity index (χ4v) is 6.63. The summed E-state index contributed by atoms with van der Waals surface area (Å²) in [5.74, 6) is -1.80. The SMILES string of the molecule is CCCCCCCCCCCP(Cl)(CC)(CC)CC. The molecule has 118 valence electrons. The van der Waals surface area contributed by atoms with Crippen molar-refractivity contribution in [3.63, 3.8) is 0 Å². The molecule has 0 nitrogen and oxygen atoms in total. The zero-order chi connectivity index (χ0) is 14.6. The van der Waals surface area contributed by atoms with Crippen LogP contribution in [0, 0.1) is 0 Å². The summed E-state index contributed by atoms with van der Waals surface area (Å²) in [5.41, 5.74) is 0. The van der Waals surface area contributed by atoms with E-state index < -0.39 is 5.96 Å². The van der Waals surface area contributed by atoms with Gasteiger partial charge in [-0.2, -0.15) is 0 Å². The van der Waals surface area contributed by atoms with E-state index in [9.17, 15) is 0 Å². The molecule has 0 aromatic rings. The molecule has 19 heavy (non-hydrogen) atoms. The monoisotopic (exact) mass is 308 g/mol. The van der Waals surface area contributed by atoms with Crippen LogP contribution >= 0.6 is 17.2 Å². The van der Waals surface area contributed by atoms with Crippen molar-refractivity contribution in [2.24, 2.45) is 0 Å². The van der Waals surface area contributed by atoms with E-state index in [-0.39, 0.29) is 0 Å². The molecule has 0 radical (unpaired) electrons. The van der Waals surface area contributed by atoms with Gasteiger partial charge in [0.2, 0.25) is 0 Å². The predicted octanol–water partition coefficient (Wildman–Crippen LogP) is 7.28. The molecule has 0 heterocycles. The minimum absolute atomic E-state index is 1.23. The van der Waals surface area contributed by atoms with Gasteiger partial charge in [-0.1, -0.05) is 0 Å². The zero-order valence-electron chi connectivity index (χ0n) is 14.0. The first-order valence-corrected chi connectivity index (χ1v) is 12.6. The van der Waals surface area contributed by atoms with Gasteiger partial charge in [0.15, 0.2) is 0 Å². The van der Waals surface area contributed by atoms with Crippen molar-refractivity contribution < 1.29 is 0 Å². The molecule has 0 aromatic heterocycles. The molecule has 0 saturated carbocycles. The Morgan fingerprint density at radius 3 is 1.32 bits per heavy atom. The molecule has 0 aliphatic rings. The van der Waals surface area contributed by atoms with Crippen LogP contribution in [0.4, 0.5) is 0 Å². The van der Waals surface area contributed by atoms with E-state index in [0.717, 1.165) is 0 Å². The van der Waals surface area contributed by atoms with Crippen LogP contribution < -0.4 is 0 Å². The first-order valence-electron chi connectivity index (χ1n) is 8.76. The van der Waals surface area contributed by atoms with E-state index in [4.69, 9.17) is 11.2 Å². The van der Waals surface area contributed by atoms with Crippen molar-refractivity contribution in [1.82, 2.24) is 0 Å². The summed E-state index contributed by atoms with van der Waals surface area (Å²) in [6.07, 6.45) is 17.8. The standard InChI is InChI=1S/C17H38ClP/c1-5-9-10-11-12-13-14-15-16-17-19(18,6-2,7-3)8-4/h5-17H2,1-4H3. The molecule has 0 N–H and O–H groups in total. The summed E-state index contributed by atoms with van der Waals surface area (Å²) in [6, 6.07) is 0. The number of hydrogen-bond donors (Lipinski definition) is 0. The van der Waals surface area contributed by atoms with Crippen LogP contribution in [0.5, 0.6) is 0 Å². The number of rotatable bonds is 13. The Hall–Kier alpha value is 0.720. The maximum absolute atomic E-state index is 7.08. The van der Waals surface area contributed by atoms with Crippen LogP contribution in [-0.2, 0) is 0 Å². The fourth-order valence-electron chi connectivity index (χ4n) is 2.96. The van der Waals surface area contributed by atoms with E-state index in [1.807, 2.05) is 0 Å². The molecule has 0 aliphatic carbocycles. The number of halogens is 1. The van der Waals surface area contributed by atoms with Crippen LogP contribution in [-0.4, -0.2) is 24.6 Å². The Morgan fingerprint density at radius 2 is 0.947 bits per heavy atom. The first kappa shape index (κ1) is 19.7. The van der Waals surface area contributed by atoms with Gasteiger partial charge in [-0.15, -0.1) is 0 Å². The predicted molar refractivity (Wildman–Crippen MR) is 96.5 cm³/mol. The average Bonchev–Trinajstić information content (AvgIpc) is 2.46. The van der Waals surface area contributed by atoms with Crippen molar-refractivity contribution in [2.45, 2.75) is 85.5 Å². The van der Waals surface area contributed by atoms with Gasteiger partial charge in [0, 0.05) is 0 Å². The summed E-state index contributed by atoms with van der Waals surface area (Å²) in [7, 11) is 0. The Balaban J connectivity index is 3.62. The van der Waals surface area contributed by atoms with Crippen LogP contribution in [0.15, 0.2) is 0 Å². The first-order chi connectivity index (χ1) is 9.04. The minimum atomic E-state index is -1.80. The molecular weight excluding hydrogens is 271 g/mol. The molecule has 0 fully saturated rings. The molecule has 0 amide bonds. The third-order valence-electron chi connectivity index (χ3n) is 5.19. The topological polar surface area (TPSA) is 0 Å². The van der Waals surface area contributed by atoms with Crippen LogP contribution in [0.25, 0.3) is 0 Å². The van der Waals surface area contributed by atoms with Gasteiger partial charge < -0.3 is 0 Å². The maximum atomic E-state index is 7.08. The third kappa shape index (κ3) is 7.91. The Labute approximate surface area is 127 Å².